The summed E-state index contributed by atoms with van der Waals surface area (Å²) in [6, 6.07) is 12.4. The summed E-state index contributed by atoms with van der Waals surface area (Å²) in [6.45, 7) is 3.82. The van der Waals surface area contributed by atoms with E-state index in [1.165, 1.54) is 15.5 Å². The van der Waals surface area contributed by atoms with Gasteiger partial charge >= 0.3 is 11.9 Å². The maximum absolute atomic E-state index is 12.3. The summed E-state index contributed by atoms with van der Waals surface area (Å²) < 4.78 is 13.5. The smallest absolute Gasteiger partial charge is 0.320 e. The molecule has 178 valence electrons. The Kier molecular flexibility index (Phi) is 7.91. The van der Waals surface area contributed by atoms with Crippen LogP contribution in [0, 0.1) is 5.92 Å². The van der Waals surface area contributed by atoms with E-state index in [2.05, 4.69) is 38.9 Å². The Morgan fingerprint density at radius 2 is 1.88 bits per heavy atom. The Hall–Kier alpha value is -2.82. The van der Waals surface area contributed by atoms with Crippen LogP contribution in [0.4, 0.5) is 5.69 Å². The number of thiazole rings is 1. The first-order valence-electron chi connectivity index (χ1n) is 10.8. The van der Waals surface area contributed by atoms with Gasteiger partial charge in [0.05, 0.1) is 40.0 Å². The molecule has 0 unspecified atom stereocenters. The Morgan fingerprint density at radius 3 is 2.56 bits per heavy atom. The second-order valence-electron chi connectivity index (χ2n) is 7.35. The minimum absolute atomic E-state index is 0.139. The second kappa shape index (κ2) is 11.1. The molecule has 0 aliphatic rings. The van der Waals surface area contributed by atoms with E-state index in [4.69, 9.17) is 14.5 Å². The minimum atomic E-state index is -1.02. The monoisotopic (exact) mass is 515 g/mol. The van der Waals surface area contributed by atoms with Crippen LogP contribution in [0.15, 0.2) is 51.4 Å². The van der Waals surface area contributed by atoms with E-state index in [9.17, 15) is 9.59 Å². The number of carbonyl (C=O) groups excluding carboxylic acids is 2. The Morgan fingerprint density at radius 1 is 1.12 bits per heavy atom. The normalized spacial score (nSPS) is 11.2. The second-order valence-corrected chi connectivity index (χ2v) is 10.6. The average Bonchev–Trinajstić information content (AvgIpc) is 3.57. The number of ether oxygens (including phenoxy) is 2. The maximum atomic E-state index is 12.3. The first kappa shape index (κ1) is 24.3. The zero-order chi connectivity index (χ0) is 24.1. The van der Waals surface area contributed by atoms with Crippen LogP contribution in [0.25, 0.3) is 21.6 Å². The van der Waals surface area contributed by atoms with Gasteiger partial charge in [0.1, 0.15) is 5.01 Å². The number of nitrogens with one attached hydrogen (secondary N) is 1. The van der Waals surface area contributed by atoms with Gasteiger partial charge in [-0.25, -0.2) is 4.98 Å². The highest BCUT2D eigenvalue weighted by Gasteiger charge is 2.30. The number of fused-ring (bicyclic) bond motifs is 1. The highest BCUT2D eigenvalue weighted by molar-refractivity contribution is 8.02. The molecule has 1 N–H and O–H groups in total. The summed E-state index contributed by atoms with van der Waals surface area (Å²) in [5, 5.41) is 5.81. The van der Waals surface area contributed by atoms with E-state index in [0.717, 1.165) is 27.3 Å². The molecular weight excluding hydrogens is 490 g/mol. The third-order valence-corrected chi connectivity index (χ3v) is 7.92. The number of para-hydroxylation sites is 1. The molecule has 10 heteroatoms. The molecule has 0 saturated heterocycles. The molecule has 0 spiro atoms. The van der Waals surface area contributed by atoms with Crippen LogP contribution in [0.2, 0.25) is 0 Å². The molecule has 0 amide bonds. The number of hydrogen-bond acceptors (Lipinski definition) is 9. The van der Waals surface area contributed by atoms with Crippen molar-refractivity contribution in [1.82, 2.24) is 9.97 Å². The molecule has 7 nitrogen and oxygen atoms in total. The van der Waals surface area contributed by atoms with Gasteiger partial charge in [-0.1, -0.05) is 18.2 Å². The number of H-pyrrole nitrogens is 1. The van der Waals surface area contributed by atoms with E-state index in [1.807, 2.05) is 24.6 Å². The predicted octanol–water partition coefficient (Wildman–Crippen LogP) is 5.78. The number of benzene rings is 1. The Bertz CT molecular complexity index is 1250. The number of esters is 2. The predicted molar refractivity (Wildman–Crippen MR) is 138 cm³/mol. The summed E-state index contributed by atoms with van der Waals surface area (Å²) in [6.07, 6.45) is 0.139. The zero-order valence-corrected chi connectivity index (χ0v) is 21.5. The number of nitrogens with zero attached hydrogens (tertiary/aromatic N) is 2. The van der Waals surface area contributed by atoms with Gasteiger partial charge in [0.2, 0.25) is 0 Å². The van der Waals surface area contributed by atoms with Crippen LogP contribution in [0.1, 0.15) is 19.5 Å². The third kappa shape index (κ3) is 5.45. The van der Waals surface area contributed by atoms with E-state index >= 15 is 0 Å². The molecule has 0 bridgehead atoms. The van der Waals surface area contributed by atoms with Crippen molar-refractivity contribution in [2.45, 2.75) is 24.5 Å². The number of thiophene rings is 1. The van der Waals surface area contributed by atoms with Gasteiger partial charge < -0.3 is 18.8 Å². The molecule has 3 heterocycles. The van der Waals surface area contributed by atoms with Crippen LogP contribution < -0.4 is 4.31 Å². The summed E-state index contributed by atoms with van der Waals surface area (Å²) in [5.74, 6) is -2.19. The zero-order valence-electron chi connectivity index (χ0n) is 19.1. The van der Waals surface area contributed by atoms with Crippen molar-refractivity contribution in [3.63, 3.8) is 0 Å². The van der Waals surface area contributed by atoms with Crippen molar-refractivity contribution in [3.8, 4) is 10.7 Å². The molecule has 0 aliphatic carbocycles. The van der Waals surface area contributed by atoms with Crippen molar-refractivity contribution in [2.24, 2.45) is 5.92 Å². The summed E-state index contributed by atoms with van der Waals surface area (Å²) >= 11 is 4.85. The average molecular weight is 516 g/mol. The van der Waals surface area contributed by atoms with Crippen molar-refractivity contribution >= 4 is 63.2 Å². The van der Waals surface area contributed by atoms with Gasteiger partial charge in [-0.05, 0) is 49.4 Å². The van der Waals surface area contributed by atoms with Crippen LogP contribution in [0.3, 0.4) is 0 Å². The number of hydrogen-bond donors (Lipinski definition) is 1. The molecule has 4 rings (SSSR count). The molecule has 0 aliphatic heterocycles. The van der Waals surface area contributed by atoms with E-state index in [1.54, 1.807) is 37.1 Å². The molecule has 0 saturated carbocycles. The largest absolute Gasteiger partial charge is 0.465 e. The lowest BCUT2D eigenvalue weighted by atomic mass is 10.0. The minimum Gasteiger partial charge on any atom is -0.465 e. The molecule has 4 aromatic rings. The molecule has 0 atom stereocenters. The summed E-state index contributed by atoms with van der Waals surface area (Å²) in [4.78, 5) is 32.8. The van der Waals surface area contributed by atoms with Crippen LogP contribution in [0.5, 0.6) is 0 Å². The number of carbonyl (C=O) groups is 2. The fraction of sp³-hybridized carbons (Fsp3) is 0.292. The fourth-order valence-corrected chi connectivity index (χ4v) is 6.09. The van der Waals surface area contributed by atoms with Crippen molar-refractivity contribution in [3.05, 3.63) is 52.9 Å². The molecule has 3 aromatic heterocycles. The molecular formula is C24H25N3O4S3. The third-order valence-electron chi connectivity index (χ3n) is 5.03. The number of rotatable bonds is 10. The van der Waals surface area contributed by atoms with Crippen molar-refractivity contribution < 1.29 is 19.1 Å². The van der Waals surface area contributed by atoms with E-state index in [-0.39, 0.29) is 19.6 Å². The molecule has 1 aromatic carbocycles. The SMILES string of the molecule is CCOC(=O)C(Cc1csc(-c2cc3cccc(N(C)Sc4cccs4)c3[nH]2)n1)C(=O)OCC. The van der Waals surface area contributed by atoms with Crippen LogP contribution in [-0.2, 0) is 25.5 Å². The molecule has 0 fully saturated rings. The number of aromatic amines is 1. The van der Waals surface area contributed by atoms with Crippen molar-refractivity contribution in [1.29, 1.82) is 0 Å². The van der Waals surface area contributed by atoms with E-state index < -0.39 is 17.9 Å². The van der Waals surface area contributed by atoms with Gasteiger partial charge in [-0.3, -0.25) is 9.59 Å². The van der Waals surface area contributed by atoms with Gasteiger partial charge in [0, 0.05) is 24.2 Å². The fourth-order valence-electron chi connectivity index (χ4n) is 3.50. The first-order chi connectivity index (χ1) is 16.5. The quantitative estimate of drug-likeness (QED) is 0.163. The summed E-state index contributed by atoms with van der Waals surface area (Å²) in [5.41, 5.74) is 3.63. The molecule has 34 heavy (non-hydrogen) atoms. The van der Waals surface area contributed by atoms with Crippen LogP contribution in [-0.4, -0.2) is 42.2 Å². The maximum Gasteiger partial charge on any atom is 0.320 e. The van der Waals surface area contributed by atoms with Crippen molar-refractivity contribution in [2.75, 3.05) is 24.6 Å². The van der Waals surface area contributed by atoms with E-state index in [0.29, 0.717) is 5.69 Å². The highest BCUT2D eigenvalue weighted by Crippen LogP contribution is 2.36. The lowest BCUT2D eigenvalue weighted by Crippen LogP contribution is -2.30. The Balaban J connectivity index is 1.57. The molecule has 0 radical (unpaired) electrons. The van der Waals surface area contributed by atoms with Crippen LogP contribution >= 0.6 is 34.6 Å². The van der Waals surface area contributed by atoms with Gasteiger partial charge in [0.15, 0.2) is 5.92 Å². The Labute approximate surface area is 210 Å². The van der Waals surface area contributed by atoms with Gasteiger partial charge in [0.25, 0.3) is 0 Å². The topological polar surface area (TPSA) is 84.5 Å². The van der Waals surface area contributed by atoms with Gasteiger partial charge in [-0.15, -0.1) is 22.7 Å². The first-order valence-corrected chi connectivity index (χ1v) is 13.4. The highest BCUT2D eigenvalue weighted by atomic mass is 32.2. The number of aromatic nitrogens is 2. The number of anilines is 1. The lowest BCUT2D eigenvalue weighted by Gasteiger charge is -2.17. The summed E-state index contributed by atoms with van der Waals surface area (Å²) in [7, 11) is 2.05. The van der Waals surface area contributed by atoms with Gasteiger partial charge in [-0.2, -0.15) is 0 Å². The lowest BCUT2D eigenvalue weighted by molar-refractivity contribution is -0.161. The standard InChI is InChI=1S/C24H25N3O4S3/c1-4-30-23(28)17(24(29)31-5-2)13-16-14-33-22(25-16)18-12-15-8-6-9-19(21(15)26-18)27(3)34-20-10-7-11-32-20/h6-12,14,17,26H,4-5,13H2,1-3H3.